The van der Waals surface area contributed by atoms with Crippen molar-refractivity contribution in [2.75, 3.05) is 7.11 Å². The second kappa shape index (κ2) is 7.50. The van der Waals surface area contributed by atoms with Crippen LogP contribution in [0.2, 0.25) is 0 Å². The quantitative estimate of drug-likeness (QED) is 0.873. The maximum Gasteiger partial charge on any atom is 0.345 e. The van der Waals surface area contributed by atoms with Gasteiger partial charge in [0, 0.05) is 43.4 Å². The highest BCUT2D eigenvalue weighted by Gasteiger charge is 2.22. The molecule has 1 N–H and O–H groups in total. The lowest BCUT2D eigenvalue weighted by atomic mass is 10.1. The Morgan fingerprint density at radius 2 is 2.28 bits per heavy atom. The van der Waals surface area contributed by atoms with Gasteiger partial charge in [-0.1, -0.05) is 6.92 Å². The van der Waals surface area contributed by atoms with Crippen LogP contribution >= 0.6 is 0 Å². The van der Waals surface area contributed by atoms with E-state index in [1.807, 2.05) is 6.92 Å². The monoisotopic (exact) mass is 345 g/mol. The number of pyridine rings is 1. The van der Waals surface area contributed by atoms with Gasteiger partial charge in [-0.05, 0) is 25.3 Å². The van der Waals surface area contributed by atoms with Crippen LogP contribution in [0, 0.1) is 0 Å². The normalized spacial score (nSPS) is 16.8. The lowest BCUT2D eigenvalue weighted by molar-refractivity contribution is 0.0932. The van der Waals surface area contributed by atoms with Gasteiger partial charge in [-0.15, -0.1) is 0 Å². The molecular weight excluding hydrogens is 322 g/mol. The number of amides is 1. The molecule has 3 rings (SSSR count). The smallest absolute Gasteiger partial charge is 0.345 e. The third-order valence-electron chi connectivity index (χ3n) is 4.39. The van der Waals surface area contributed by atoms with Crippen LogP contribution in [0.1, 0.15) is 42.4 Å². The van der Waals surface area contributed by atoms with Crippen LogP contribution in [0.3, 0.4) is 0 Å². The summed E-state index contributed by atoms with van der Waals surface area (Å²) < 4.78 is 8.32. The summed E-state index contributed by atoms with van der Waals surface area (Å²) in [6.07, 6.45) is 4.57. The fraction of sp³-hybridized carbons (Fsp3) is 0.529. The number of ether oxygens (including phenoxy) is 1. The molecule has 1 aliphatic rings. The standard InChI is InChI=1S/C17H23N5O3/c1-3-9-22-17(24)21-10-7-13(4-5-14(21)20-22)19-16(23)12-6-8-18-15(11-12)25-2/h6,8,11,13H,3-5,7,9-10H2,1-2H3,(H,19,23). The van der Waals surface area contributed by atoms with E-state index < -0.39 is 0 Å². The van der Waals surface area contributed by atoms with E-state index >= 15 is 0 Å². The Bertz CT molecular complexity index is 811. The van der Waals surface area contributed by atoms with Gasteiger partial charge in [0.05, 0.1) is 7.11 Å². The number of fused-ring (bicyclic) bond motifs is 1. The first-order valence-corrected chi connectivity index (χ1v) is 8.59. The molecule has 1 atom stereocenters. The lowest BCUT2D eigenvalue weighted by Crippen LogP contribution is -2.35. The Balaban J connectivity index is 1.66. The molecule has 134 valence electrons. The molecule has 1 unspecified atom stereocenters. The number of nitrogens with zero attached hydrogens (tertiary/aromatic N) is 4. The van der Waals surface area contributed by atoms with Gasteiger partial charge in [-0.3, -0.25) is 9.36 Å². The predicted molar refractivity (Wildman–Crippen MR) is 91.8 cm³/mol. The molecule has 0 saturated carbocycles. The molecule has 8 heteroatoms. The minimum atomic E-state index is -0.159. The summed E-state index contributed by atoms with van der Waals surface area (Å²) in [5, 5.41) is 7.46. The Morgan fingerprint density at radius 3 is 3.04 bits per heavy atom. The molecule has 2 aromatic heterocycles. The summed E-state index contributed by atoms with van der Waals surface area (Å²) in [7, 11) is 1.52. The van der Waals surface area contributed by atoms with Gasteiger partial charge < -0.3 is 10.1 Å². The van der Waals surface area contributed by atoms with Crippen molar-refractivity contribution in [3.05, 3.63) is 40.2 Å². The minimum absolute atomic E-state index is 0.00684. The van der Waals surface area contributed by atoms with E-state index in [9.17, 15) is 9.59 Å². The second-order valence-corrected chi connectivity index (χ2v) is 6.16. The average Bonchev–Trinajstić information content (AvgIpc) is 2.80. The van der Waals surface area contributed by atoms with E-state index in [4.69, 9.17) is 4.74 Å². The van der Waals surface area contributed by atoms with Crippen molar-refractivity contribution >= 4 is 5.91 Å². The maximum absolute atomic E-state index is 12.4. The van der Waals surface area contributed by atoms with Gasteiger partial charge in [-0.2, -0.15) is 5.10 Å². The van der Waals surface area contributed by atoms with E-state index in [2.05, 4.69) is 15.4 Å². The third kappa shape index (κ3) is 3.72. The Hall–Kier alpha value is -2.64. The number of rotatable bonds is 5. The van der Waals surface area contributed by atoms with Gasteiger partial charge in [0.1, 0.15) is 5.82 Å². The molecule has 0 radical (unpaired) electrons. The SMILES string of the molecule is CCCn1nc2n(c1=O)CCC(NC(=O)c1ccnc(OC)c1)CC2. The van der Waals surface area contributed by atoms with Crippen LogP contribution in [-0.2, 0) is 19.5 Å². The van der Waals surface area contributed by atoms with Gasteiger partial charge in [0.2, 0.25) is 5.88 Å². The first-order valence-electron chi connectivity index (χ1n) is 8.59. The molecule has 3 heterocycles. The largest absolute Gasteiger partial charge is 0.481 e. The molecule has 1 amide bonds. The lowest BCUT2D eigenvalue weighted by Gasteiger charge is -2.16. The van der Waals surface area contributed by atoms with Crippen molar-refractivity contribution in [1.82, 2.24) is 24.6 Å². The maximum atomic E-state index is 12.4. The van der Waals surface area contributed by atoms with Crippen LogP contribution in [0.4, 0.5) is 0 Å². The van der Waals surface area contributed by atoms with Gasteiger partial charge in [0.15, 0.2) is 0 Å². The molecule has 0 spiro atoms. The van der Waals surface area contributed by atoms with E-state index in [-0.39, 0.29) is 17.6 Å². The van der Waals surface area contributed by atoms with Crippen LogP contribution in [0.5, 0.6) is 5.88 Å². The van der Waals surface area contributed by atoms with Crippen LogP contribution in [-0.4, -0.2) is 38.4 Å². The minimum Gasteiger partial charge on any atom is -0.481 e. The van der Waals surface area contributed by atoms with E-state index in [0.29, 0.717) is 37.4 Å². The number of nitrogens with one attached hydrogen (secondary N) is 1. The molecule has 0 saturated heterocycles. The average molecular weight is 345 g/mol. The molecule has 25 heavy (non-hydrogen) atoms. The number of carbonyl (C=O) groups excluding carboxylic acids is 1. The molecule has 2 aromatic rings. The molecule has 1 aliphatic heterocycles. The van der Waals surface area contributed by atoms with Crippen LogP contribution in [0.25, 0.3) is 0 Å². The number of hydrogen-bond donors (Lipinski definition) is 1. The van der Waals surface area contributed by atoms with Crippen molar-refractivity contribution in [2.24, 2.45) is 0 Å². The Morgan fingerprint density at radius 1 is 1.44 bits per heavy atom. The van der Waals surface area contributed by atoms with Crippen molar-refractivity contribution in [1.29, 1.82) is 0 Å². The van der Waals surface area contributed by atoms with Gasteiger partial charge in [-0.25, -0.2) is 14.5 Å². The highest BCUT2D eigenvalue weighted by molar-refractivity contribution is 5.94. The van der Waals surface area contributed by atoms with Crippen molar-refractivity contribution in [2.45, 2.75) is 51.7 Å². The van der Waals surface area contributed by atoms with E-state index in [0.717, 1.165) is 18.7 Å². The van der Waals surface area contributed by atoms with Gasteiger partial charge >= 0.3 is 5.69 Å². The summed E-state index contributed by atoms with van der Waals surface area (Å²) in [5.74, 6) is 1.06. The first kappa shape index (κ1) is 17.2. The molecular formula is C17H23N5O3. The van der Waals surface area contributed by atoms with Crippen molar-refractivity contribution in [3.63, 3.8) is 0 Å². The summed E-state index contributed by atoms with van der Waals surface area (Å²) in [6.45, 7) is 3.24. The summed E-state index contributed by atoms with van der Waals surface area (Å²) in [6, 6.07) is 3.27. The zero-order valence-corrected chi connectivity index (χ0v) is 14.6. The molecule has 0 bridgehead atoms. The summed E-state index contributed by atoms with van der Waals surface area (Å²) in [5.41, 5.74) is 0.460. The Kier molecular flexibility index (Phi) is 5.16. The van der Waals surface area contributed by atoms with Crippen molar-refractivity contribution < 1.29 is 9.53 Å². The van der Waals surface area contributed by atoms with E-state index in [1.54, 1.807) is 22.9 Å². The fourth-order valence-corrected chi connectivity index (χ4v) is 3.06. The predicted octanol–water partition coefficient (Wildman–Crippen LogP) is 0.993. The third-order valence-corrected chi connectivity index (χ3v) is 4.39. The number of methoxy groups -OCH3 is 1. The number of carbonyl (C=O) groups is 1. The molecule has 0 aromatic carbocycles. The number of aromatic nitrogens is 4. The van der Waals surface area contributed by atoms with Crippen LogP contribution < -0.4 is 15.7 Å². The first-order chi connectivity index (χ1) is 12.1. The fourth-order valence-electron chi connectivity index (χ4n) is 3.06. The highest BCUT2D eigenvalue weighted by Crippen LogP contribution is 2.14. The number of hydrogen-bond acceptors (Lipinski definition) is 5. The second-order valence-electron chi connectivity index (χ2n) is 6.16. The van der Waals surface area contributed by atoms with Gasteiger partial charge in [0.25, 0.3) is 5.91 Å². The summed E-state index contributed by atoms with van der Waals surface area (Å²) in [4.78, 5) is 28.8. The zero-order chi connectivity index (χ0) is 17.8. The highest BCUT2D eigenvalue weighted by atomic mass is 16.5. The zero-order valence-electron chi connectivity index (χ0n) is 14.6. The molecule has 0 aliphatic carbocycles. The van der Waals surface area contributed by atoms with Crippen LogP contribution in [0.15, 0.2) is 23.1 Å². The topological polar surface area (TPSA) is 91.0 Å². The van der Waals surface area contributed by atoms with Crippen molar-refractivity contribution in [3.8, 4) is 5.88 Å². The summed E-state index contributed by atoms with van der Waals surface area (Å²) >= 11 is 0. The van der Waals surface area contributed by atoms with E-state index in [1.165, 1.54) is 11.8 Å². The number of aryl methyl sites for hydroxylation is 2. The Labute approximate surface area is 145 Å². The molecule has 0 fully saturated rings. The molecule has 8 nitrogen and oxygen atoms in total.